The summed E-state index contributed by atoms with van der Waals surface area (Å²) in [4.78, 5) is 2.37. The second-order valence-electron chi connectivity index (χ2n) is 4.87. The minimum Gasteiger partial charge on any atom is -0.347 e. The van der Waals surface area contributed by atoms with Crippen molar-refractivity contribution in [3.05, 3.63) is 47.7 Å². The molecule has 18 heavy (non-hydrogen) atoms. The third kappa shape index (κ3) is 1.40. The minimum absolute atomic E-state index is 1.09. The fourth-order valence-corrected chi connectivity index (χ4v) is 3.20. The van der Waals surface area contributed by atoms with Crippen LogP contribution in [0, 0.1) is 0 Å². The second kappa shape index (κ2) is 4.16. The zero-order chi connectivity index (χ0) is 12.7. The second-order valence-corrected chi connectivity index (χ2v) is 4.87. The lowest BCUT2D eigenvalue weighted by Gasteiger charge is -2.32. The lowest BCUT2D eigenvalue weighted by molar-refractivity contribution is 0.962. The number of anilines is 1. The lowest BCUT2D eigenvalue weighted by Crippen LogP contribution is -2.21. The molecule has 0 spiro atoms. The molecule has 3 rings (SSSR count). The number of nitrogens with zero attached hydrogens (tertiary/aromatic N) is 1. The molecule has 0 bridgehead atoms. The molecule has 0 unspecified atom stereocenters. The molecule has 1 aliphatic heterocycles. The zero-order valence-electron chi connectivity index (χ0n) is 11.3. The average Bonchev–Trinajstić information content (AvgIpc) is 2.42. The van der Waals surface area contributed by atoms with E-state index in [1.807, 2.05) is 0 Å². The molecule has 92 valence electrons. The van der Waals surface area contributed by atoms with Gasteiger partial charge in [0.25, 0.3) is 0 Å². The Morgan fingerprint density at radius 2 is 1.67 bits per heavy atom. The number of allylic oxidation sites excluding steroid dienone is 2. The van der Waals surface area contributed by atoms with Gasteiger partial charge >= 0.3 is 0 Å². The highest BCUT2D eigenvalue weighted by molar-refractivity contribution is 6.06. The zero-order valence-corrected chi connectivity index (χ0v) is 11.3. The summed E-state index contributed by atoms with van der Waals surface area (Å²) < 4.78 is 0. The first-order valence-corrected chi connectivity index (χ1v) is 6.75. The van der Waals surface area contributed by atoms with Gasteiger partial charge in [-0.15, -0.1) is 0 Å². The standard InChI is InChI=1S/C17H19N/c1-4-13-14-10-6-8-12-9-7-11-16(17(12)14)18(3)15(13)5-2/h6-11H,4-5H2,1-3H3. The summed E-state index contributed by atoms with van der Waals surface area (Å²) in [5, 5.41) is 2.76. The Morgan fingerprint density at radius 1 is 0.944 bits per heavy atom. The first-order chi connectivity index (χ1) is 8.77. The first kappa shape index (κ1) is 11.3. The van der Waals surface area contributed by atoms with Gasteiger partial charge in [0.05, 0.1) is 0 Å². The Morgan fingerprint density at radius 3 is 2.33 bits per heavy atom. The van der Waals surface area contributed by atoms with Crippen LogP contribution in [0.2, 0.25) is 0 Å². The normalized spacial score (nSPS) is 14.5. The van der Waals surface area contributed by atoms with Crippen molar-refractivity contribution < 1.29 is 0 Å². The number of rotatable bonds is 2. The van der Waals surface area contributed by atoms with Gasteiger partial charge in [-0.2, -0.15) is 0 Å². The summed E-state index contributed by atoms with van der Waals surface area (Å²) in [6.07, 6.45) is 2.19. The maximum atomic E-state index is 2.37. The molecule has 2 aromatic rings. The van der Waals surface area contributed by atoms with E-state index in [9.17, 15) is 0 Å². The van der Waals surface area contributed by atoms with E-state index in [0.29, 0.717) is 0 Å². The van der Waals surface area contributed by atoms with Crippen molar-refractivity contribution in [3.8, 4) is 0 Å². The quantitative estimate of drug-likeness (QED) is 0.723. The van der Waals surface area contributed by atoms with Crippen molar-refractivity contribution in [2.45, 2.75) is 26.7 Å². The van der Waals surface area contributed by atoms with Crippen molar-refractivity contribution in [3.63, 3.8) is 0 Å². The third-order valence-electron chi connectivity index (χ3n) is 4.01. The van der Waals surface area contributed by atoms with Gasteiger partial charge in [0.1, 0.15) is 0 Å². The SMILES string of the molecule is CCC1=C(CC)N(C)c2cccc3cccc1c23. The monoisotopic (exact) mass is 237 g/mol. The molecule has 0 saturated heterocycles. The molecule has 1 aliphatic rings. The summed E-state index contributed by atoms with van der Waals surface area (Å²) in [5.41, 5.74) is 5.74. The van der Waals surface area contributed by atoms with E-state index in [-0.39, 0.29) is 0 Å². The molecule has 1 heteroatoms. The van der Waals surface area contributed by atoms with Crippen LogP contribution in [0.1, 0.15) is 32.3 Å². The molecule has 0 saturated carbocycles. The Bertz CT molecular complexity index is 632. The van der Waals surface area contributed by atoms with Gasteiger partial charge in [0, 0.05) is 23.8 Å². The van der Waals surface area contributed by atoms with Crippen molar-refractivity contribution >= 4 is 22.0 Å². The summed E-state index contributed by atoms with van der Waals surface area (Å²) in [6.45, 7) is 4.50. The van der Waals surface area contributed by atoms with Crippen LogP contribution in [0.4, 0.5) is 5.69 Å². The fraction of sp³-hybridized carbons (Fsp3) is 0.294. The fourth-order valence-electron chi connectivity index (χ4n) is 3.20. The van der Waals surface area contributed by atoms with Crippen LogP contribution in [0.5, 0.6) is 0 Å². The largest absolute Gasteiger partial charge is 0.347 e. The van der Waals surface area contributed by atoms with Gasteiger partial charge in [0.15, 0.2) is 0 Å². The highest BCUT2D eigenvalue weighted by Gasteiger charge is 2.22. The van der Waals surface area contributed by atoms with Crippen molar-refractivity contribution in [2.75, 3.05) is 11.9 Å². The van der Waals surface area contributed by atoms with E-state index in [0.717, 1.165) is 12.8 Å². The van der Waals surface area contributed by atoms with Crippen LogP contribution in [0.3, 0.4) is 0 Å². The van der Waals surface area contributed by atoms with Gasteiger partial charge in [-0.1, -0.05) is 44.2 Å². The van der Waals surface area contributed by atoms with E-state index in [4.69, 9.17) is 0 Å². The summed E-state index contributed by atoms with van der Waals surface area (Å²) >= 11 is 0. The molecule has 0 N–H and O–H groups in total. The van der Waals surface area contributed by atoms with Crippen molar-refractivity contribution in [1.82, 2.24) is 0 Å². The average molecular weight is 237 g/mol. The lowest BCUT2D eigenvalue weighted by atomic mass is 9.89. The van der Waals surface area contributed by atoms with Gasteiger partial charge in [-0.05, 0) is 35.4 Å². The van der Waals surface area contributed by atoms with E-state index in [2.05, 4.69) is 62.2 Å². The maximum Gasteiger partial charge on any atom is 0.0491 e. The van der Waals surface area contributed by atoms with Gasteiger partial charge < -0.3 is 4.90 Å². The van der Waals surface area contributed by atoms with E-state index in [1.165, 1.54) is 33.3 Å². The smallest absolute Gasteiger partial charge is 0.0491 e. The van der Waals surface area contributed by atoms with Crippen molar-refractivity contribution in [2.24, 2.45) is 0 Å². The topological polar surface area (TPSA) is 3.24 Å². The molecule has 0 fully saturated rings. The Hall–Kier alpha value is -1.76. The highest BCUT2D eigenvalue weighted by Crippen LogP contribution is 2.42. The molecule has 0 aliphatic carbocycles. The molecule has 0 aromatic heterocycles. The summed E-state index contributed by atoms with van der Waals surface area (Å²) in [6, 6.07) is 13.2. The Kier molecular flexibility index (Phi) is 2.62. The van der Waals surface area contributed by atoms with Gasteiger partial charge in [-0.3, -0.25) is 0 Å². The van der Waals surface area contributed by atoms with E-state index in [1.54, 1.807) is 0 Å². The Labute approximate surface area is 109 Å². The molecule has 1 heterocycles. The van der Waals surface area contributed by atoms with Crippen LogP contribution in [0.25, 0.3) is 16.3 Å². The molecule has 0 amide bonds. The minimum atomic E-state index is 1.09. The van der Waals surface area contributed by atoms with Crippen molar-refractivity contribution in [1.29, 1.82) is 0 Å². The predicted molar refractivity (Wildman–Crippen MR) is 79.9 cm³/mol. The van der Waals surface area contributed by atoms with Crippen LogP contribution in [0.15, 0.2) is 42.1 Å². The first-order valence-electron chi connectivity index (χ1n) is 6.75. The summed E-state index contributed by atoms with van der Waals surface area (Å²) in [7, 11) is 2.19. The van der Waals surface area contributed by atoms with E-state index >= 15 is 0 Å². The van der Waals surface area contributed by atoms with Crippen LogP contribution < -0.4 is 4.90 Å². The molecular weight excluding hydrogens is 218 g/mol. The highest BCUT2D eigenvalue weighted by atomic mass is 15.1. The Balaban J connectivity index is 2.43. The number of benzene rings is 2. The third-order valence-corrected chi connectivity index (χ3v) is 4.01. The molecule has 0 radical (unpaired) electrons. The molecule has 1 nitrogen and oxygen atoms in total. The number of hydrogen-bond acceptors (Lipinski definition) is 1. The molecule has 2 aromatic carbocycles. The van der Waals surface area contributed by atoms with E-state index < -0.39 is 0 Å². The van der Waals surface area contributed by atoms with Crippen LogP contribution in [-0.4, -0.2) is 7.05 Å². The van der Waals surface area contributed by atoms with Gasteiger partial charge in [0.2, 0.25) is 0 Å². The maximum absolute atomic E-state index is 2.37. The van der Waals surface area contributed by atoms with Gasteiger partial charge in [-0.25, -0.2) is 0 Å². The summed E-state index contributed by atoms with van der Waals surface area (Å²) in [5.74, 6) is 0. The molecular formula is C17H19N. The van der Waals surface area contributed by atoms with Crippen LogP contribution in [-0.2, 0) is 0 Å². The van der Waals surface area contributed by atoms with Crippen LogP contribution >= 0.6 is 0 Å². The number of hydrogen-bond donors (Lipinski definition) is 0. The molecule has 0 atom stereocenters. The predicted octanol–water partition coefficient (Wildman–Crippen LogP) is 4.82.